The molecule has 2 fully saturated rings. The normalized spacial score (nSPS) is 25.0. The Kier molecular flexibility index (Phi) is 4.14. The third-order valence-electron chi connectivity index (χ3n) is 4.80. The molecule has 118 valence electrons. The van der Waals surface area contributed by atoms with Crippen LogP contribution in [0.2, 0.25) is 0 Å². The smallest absolute Gasteiger partial charge is 0.229 e. The number of anilines is 1. The highest BCUT2D eigenvalue weighted by atomic mass is 16.2. The molecule has 0 radical (unpaired) electrons. The number of likely N-dealkylation sites (tertiary alicyclic amines) is 1. The van der Waals surface area contributed by atoms with E-state index in [9.17, 15) is 9.59 Å². The van der Waals surface area contributed by atoms with Gasteiger partial charge >= 0.3 is 0 Å². The summed E-state index contributed by atoms with van der Waals surface area (Å²) in [6.07, 6.45) is 8.34. The predicted octanol–water partition coefficient (Wildman–Crippen LogP) is 2.37. The molecule has 0 aromatic carbocycles. The summed E-state index contributed by atoms with van der Waals surface area (Å²) in [7, 11) is 0. The SMILES string of the molecule is CCCC(=O)N1CCCC[C@]12CC(=O)N(c1cccnc1)C2. The molecular formula is C17H23N3O2. The standard InChI is InChI=1S/C17H23N3O2/c1-2-6-15(21)20-10-4-3-8-17(20)11-16(22)19(13-17)14-7-5-9-18-12-14/h5,7,9,12H,2-4,6,8,10-11,13H2,1H3/t17-/m1/s1. The molecule has 0 saturated carbocycles. The number of aromatic nitrogens is 1. The van der Waals surface area contributed by atoms with E-state index in [0.717, 1.165) is 37.9 Å². The fraction of sp³-hybridized carbons (Fsp3) is 0.588. The molecule has 1 aromatic rings. The summed E-state index contributed by atoms with van der Waals surface area (Å²) >= 11 is 0. The second-order valence-electron chi connectivity index (χ2n) is 6.34. The lowest BCUT2D eigenvalue weighted by molar-refractivity contribution is -0.139. The van der Waals surface area contributed by atoms with Gasteiger partial charge in [-0.2, -0.15) is 0 Å². The summed E-state index contributed by atoms with van der Waals surface area (Å²) in [5, 5.41) is 0. The lowest BCUT2D eigenvalue weighted by Crippen LogP contribution is -2.56. The fourth-order valence-corrected chi connectivity index (χ4v) is 3.75. The molecule has 1 spiro atoms. The lowest BCUT2D eigenvalue weighted by Gasteiger charge is -2.44. The average molecular weight is 301 g/mol. The molecule has 3 rings (SSSR count). The van der Waals surface area contributed by atoms with E-state index in [0.29, 0.717) is 19.4 Å². The monoisotopic (exact) mass is 301 g/mol. The zero-order chi connectivity index (χ0) is 15.6. The van der Waals surface area contributed by atoms with E-state index in [1.807, 2.05) is 24.0 Å². The molecule has 2 amide bonds. The Morgan fingerprint density at radius 3 is 3.00 bits per heavy atom. The minimum atomic E-state index is -0.308. The molecule has 0 N–H and O–H groups in total. The number of carbonyl (C=O) groups excluding carboxylic acids is 2. The Hall–Kier alpha value is -1.91. The molecule has 22 heavy (non-hydrogen) atoms. The van der Waals surface area contributed by atoms with Crippen molar-refractivity contribution < 1.29 is 9.59 Å². The van der Waals surface area contributed by atoms with Crippen LogP contribution in [-0.4, -0.2) is 40.3 Å². The number of amides is 2. The van der Waals surface area contributed by atoms with Gasteiger partial charge in [-0.15, -0.1) is 0 Å². The van der Waals surface area contributed by atoms with Crippen LogP contribution >= 0.6 is 0 Å². The van der Waals surface area contributed by atoms with Crippen molar-refractivity contribution >= 4 is 17.5 Å². The Morgan fingerprint density at radius 1 is 1.41 bits per heavy atom. The van der Waals surface area contributed by atoms with Crippen molar-refractivity contribution in [1.29, 1.82) is 0 Å². The van der Waals surface area contributed by atoms with E-state index in [1.54, 1.807) is 17.3 Å². The first-order chi connectivity index (χ1) is 10.7. The number of nitrogens with zero attached hydrogens (tertiary/aromatic N) is 3. The third-order valence-corrected chi connectivity index (χ3v) is 4.80. The van der Waals surface area contributed by atoms with Crippen LogP contribution in [0, 0.1) is 0 Å². The quantitative estimate of drug-likeness (QED) is 0.861. The van der Waals surface area contributed by atoms with E-state index in [4.69, 9.17) is 0 Å². The topological polar surface area (TPSA) is 53.5 Å². The molecule has 2 aliphatic rings. The Bertz CT molecular complexity index is 560. The first-order valence-electron chi connectivity index (χ1n) is 8.17. The van der Waals surface area contributed by atoms with Gasteiger partial charge in [0.05, 0.1) is 23.8 Å². The highest BCUT2D eigenvalue weighted by molar-refractivity contribution is 5.97. The molecule has 2 saturated heterocycles. The van der Waals surface area contributed by atoms with Crippen molar-refractivity contribution in [2.45, 2.75) is 51.0 Å². The molecule has 3 heterocycles. The number of hydrogen-bond acceptors (Lipinski definition) is 3. The van der Waals surface area contributed by atoms with Gasteiger partial charge < -0.3 is 9.80 Å². The van der Waals surface area contributed by atoms with Crippen LogP contribution in [0.15, 0.2) is 24.5 Å². The fourth-order valence-electron chi connectivity index (χ4n) is 3.75. The molecular weight excluding hydrogens is 278 g/mol. The Labute approximate surface area is 131 Å². The van der Waals surface area contributed by atoms with Crippen molar-refractivity contribution in [3.8, 4) is 0 Å². The van der Waals surface area contributed by atoms with Crippen LogP contribution in [0.3, 0.4) is 0 Å². The van der Waals surface area contributed by atoms with Gasteiger partial charge in [-0.3, -0.25) is 14.6 Å². The van der Waals surface area contributed by atoms with Gasteiger partial charge in [0.15, 0.2) is 0 Å². The molecule has 5 heteroatoms. The van der Waals surface area contributed by atoms with Gasteiger partial charge in [0, 0.05) is 25.7 Å². The second kappa shape index (κ2) is 6.07. The zero-order valence-electron chi connectivity index (χ0n) is 13.1. The van der Waals surface area contributed by atoms with Crippen LogP contribution in [0.4, 0.5) is 5.69 Å². The predicted molar refractivity (Wildman–Crippen MR) is 84.4 cm³/mol. The number of hydrogen-bond donors (Lipinski definition) is 0. The van der Waals surface area contributed by atoms with Crippen molar-refractivity contribution in [2.24, 2.45) is 0 Å². The number of pyridine rings is 1. The maximum atomic E-state index is 12.5. The molecule has 1 aromatic heterocycles. The molecule has 0 bridgehead atoms. The number of carbonyl (C=O) groups is 2. The Morgan fingerprint density at radius 2 is 2.27 bits per heavy atom. The molecule has 1 atom stereocenters. The van der Waals surface area contributed by atoms with Gasteiger partial charge in [0.25, 0.3) is 0 Å². The highest BCUT2D eigenvalue weighted by Crippen LogP contribution is 2.39. The molecule has 0 unspecified atom stereocenters. The summed E-state index contributed by atoms with van der Waals surface area (Å²) in [5.74, 6) is 0.298. The summed E-state index contributed by atoms with van der Waals surface area (Å²) in [6, 6.07) is 3.75. The average Bonchev–Trinajstić information content (AvgIpc) is 2.85. The third kappa shape index (κ3) is 2.60. The Balaban J connectivity index is 1.86. The van der Waals surface area contributed by atoms with Gasteiger partial charge in [0.1, 0.15) is 0 Å². The zero-order valence-corrected chi connectivity index (χ0v) is 13.1. The van der Waals surface area contributed by atoms with Gasteiger partial charge in [-0.25, -0.2) is 0 Å². The van der Waals surface area contributed by atoms with E-state index in [2.05, 4.69) is 4.98 Å². The van der Waals surface area contributed by atoms with Crippen molar-refractivity contribution in [1.82, 2.24) is 9.88 Å². The van der Waals surface area contributed by atoms with Crippen molar-refractivity contribution in [3.63, 3.8) is 0 Å². The first kappa shape index (κ1) is 15.0. The maximum Gasteiger partial charge on any atom is 0.229 e. The minimum absolute atomic E-state index is 0.101. The second-order valence-corrected chi connectivity index (χ2v) is 6.34. The number of piperidine rings is 1. The van der Waals surface area contributed by atoms with E-state index < -0.39 is 0 Å². The van der Waals surface area contributed by atoms with Crippen LogP contribution in [0.1, 0.15) is 45.4 Å². The van der Waals surface area contributed by atoms with Gasteiger partial charge in [0.2, 0.25) is 11.8 Å². The summed E-state index contributed by atoms with van der Waals surface area (Å²) < 4.78 is 0. The molecule has 0 aliphatic carbocycles. The first-order valence-corrected chi connectivity index (χ1v) is 8.17. The van der Waals surface area contributed by atoms with E-state index in [1.165, 1.54) is 0 Å². The summed E-state index contributed by atoms with van der Waals surface area (Å²) in [6.45, 7) is 3.41. The van der Waals surface area contributed by atoms with E-state index >= 15 is 0 Å². The summed E-state index contributed by atoms with van der Waals surface area (Å²) in [4.78, 5) is 32.9. The van der Waals surface area contributed by atoms with Gasteiger partial charge in [-0.1, -0.05) is 6.92 Å². The van der Waals surface area contributed by atoms with Crippen molar-refractivity contribution in [3.05, 3.63) is 24.5 Å². The van der Waals surface area contributed by atoms with Crippen LogP contribution < -0.4 is 4.90 Å². The summed E-state index contributed by atoms with van der Waals surface area (Å²) in [5.41, 5.74) is 0.523. The van der Waals surface area contributed by atoms with Crippen LogP contribution in [0.25, 0.3) is 0 Å². The van der Waals surface area contributed by atoms with E-state index in [-0.39, 0.29) is 17.4 Å². The van der Waals surface area contributed by atoms with Gasteiger partial charge in [-0.05, 0) is 37.8 Å². The van der Waals surface area contributed by atoms with Crippen LogP contribution in [0.5, 0.6) is 0 Å². The maximum absolute atomic E-state index is 12.5. The molecule has 2 aliphatic heterocycles. The highest BCUT2D eigenvalue weighted by Gasteiger charge is 2.50. The van der Waals surface area contributed by atoms with Crippen LogP contribution in [-0.2, 0) is 9.59 Å². The largest absolute Gasteiger partial charge is 0.335 e. The number of rotatable bonds is 3. The minimum Gasteiger partial charge on any atom is -0.335 e. The molecule has 5 nitrogen and oxygen atoms in total. The lowest BCUT2D eigenvalue weighted by atomic mass is 9.85. The van der Waals surface area contributed by atoms with Crippen molar-refractivity contribution in [2.75, 3.05) is 18.0 Å².